The molecule has 1 aromatic rings. The summed E-state index contributed by atoms with van der Waals surface area (Å²) in [5, 5.41) is 1.85. The summed E-state index contributed by atoms with van der Waals surface area (Å²) in [7, 11) is 0. The molecule has 0 saturated carbocycles. The molecular formula is C17H13NOS. The summed E-state index contributed by atoms with van der Waals surface area (Å²) in [5.74, 6) is 0. The predicted octanol–water partition coefficient (Wildman–Crippen LogP) is 4.07. The molecule has 0 N–H and O–H groups in total. The molecule has 3 aliphatic rings. The van der Waals surface area contributed by atoms with Crippen molar-refractivity contribution >= 4 is 29.8 Å². The third-order valence-corrected chi connectivity index (χ3v) is 4.63. The number of ether oxygens (including phenoxy) is 1. The van der Waals surface area contributed by atoms with Crippen molar-refractivity contribution in [2.45, 2.75) is 16.5 Å². The molecule has 3 heteroatoms. The van der Waals surface area contributed by atoms with Gasteiger partial charge in [-0.05, 0) is 46.4 Å². The Morgan fingerprint density at radius 2 is 2.35 bits per heavy atom. The van der Waals surface area contributed by atoms with E-state index in [1.54, 1.807) is 18.2 Å². The number of hydrogen-bond donors (Lipinski definition) is 0. The molecule has 1 aliphatic heterocycles. The Morgan fingerprint density at radius 1 is 1.40 bits per heavy atom. The average Bonchev–Trinajstić information content (AvgIpc) is 2.89. The molecule has 98 valence electrons. The third-order valence-electron chi connectivity index (χ3n) is 3.94. The van der Waals surface area contributed by atoms with Crippen molar-refractivity contribution in [2.75, 3.05) is 0 Å². The Kier molecular flexibility index (Phi) is 2.51. The van der Waals surface area contributed by atoms with E-state index in [4.69, 9.17) is 4.74 Å². The van der Waals surface area contributed by atoms with Crippen LogP contribution in [0.4, 0.5) is 0 Å². The third kappa shape index (κ3) is 1.50. The van der Waals surface area contributed by atoms with Crippen molar-refractivity contribution in [3.05, 3.63) is 65.6 Å². The van der Waals surface area contributed by atoms with E-state index >= 15 is 0 Å². The van der Waals surface area contributed by atoms with E-state index < -0.39 is 0 Å². The first-order valence-electron chi connectivity index (χ1n) is 6.53. The van der Waals surface area contributed by atoms with Gasteiger partial charge in [0.15, 0.2) is 12.5 Å². The molecule has 0 fully saturated rings. The Labute approximate surface area is 122 Å². The lowest BCUT2D eigenvalue weighted by Gasteiger charge is -2.35. The fraction of sp³-hybridized carbons (Fsp3) is 0.118. The van der Waals surface area contributed by atoms with E-state index in [2.05, 4.69) is 60.2 Å². The molecule has 2 nitrogen and oxygen atoms in total. The van der Waals surface area contributed by atoms with Crippen molar-refractivity contribution in [3.63, 3.8) is 0 Å². The van der Waals surface area contributed by atoms with E-state index in [0.717, 1.165) is 0 Å². The Morgan fingerprint density at radius 3 is 3.25 bits per heavy atom. The molecule has 0 radical (unpaired) electrons. The largest absolute Gasteiger partial charge is 0.473 e. The van der Waals surface area contributed by atoms with Gasteiger partial charge in [-0.3, -0.25) is 0 Å². The molecule has 2 atom stereocenters. The zero-order chi connectivity index (χ0) is 13.6. The fourth-order valence-corrected chi connectivity index (χ4v) is 3.54. The summed E-state index contributed by atoms with van der Waals surface area (Å²) in [6.45, 7) is 3.76. The van der Waals surface area contributed by atoms with Gasteiger partial charge in [0.05, 0.1) is 0 Å². The molecule has 0 saturated heterocycles. The van der Waals surface area contributed by atoms with Crippen molar-refractivity contribution in [1.29, 1.82) is 0 Å². The van der Waals surface area contributed by atoms with Gasteiger partial charge in [-0.2, -0.15) is 0 Å². The maximum Gasteiger partial charge on any atom is 0.171 e. The first kappa shape index (κ1) is 11.8. The van der Waals surface area contributed by atoms with E-state index in [9.17, 15) is 0 Å². The van der Waals surface area contributed by atoms with Gasteiger partial charge < -0.3 is 4.74 Å². The molecule has 20 heavy (non-hydrogen) atoms. The SMILES string of the molecule is C=CSc1ccc2c(c1)C=CC13N=COC1C=CC=C23. The van der Waals surface area contributed by atoms with Crippen LogP contribution in [0.5, 0.6) is 0 Å². The smallest absolute Gasteiger partial charge is 0.171 e. The summed E-state index contributed by atoms with van der Waals surface area (Å²) >= 11 is 1.64. The van der Waals surface area contributed by atoms with Gasteiger partial charge in [-0.25, -0.2) is 4.99 Å². The monoisotopic (exact) mass is 279 g/mol. The summed E-state index contributed by atoms with van der Waals surface area (Å²) < 4.78 is 5.61. The second kappa shape index (κ2) is 4.25. The van der Waals surface area contributed by atoms with Crippen LogP contribution < -0.4 is 0 Å². The minimum absolute atomic E-state index is 0.0193. The number of thioether (sulfide) groups is 1. The molecule has 1 spiro atoms. The summed E-state index contributed by atoms with van der Waals surface area (Å²) in [4.78, 5) is 5.80. The van der Waals surface area contributed by atoms with Crippen molar-refractivity contribution < 1.29 is 4.74 Å². The number of allylic oxidation sites excluding steroid dienone is 2. The quantitative estimate of drug-likeness (QED) is 0.761. The minimum atomic E-state index is -0.366. The van der Waals surface area contributed by atoms with Crippen LogP contribution in [-0.4, -0.2) is 18.0 Å². The van der Waals surface area contributed by atoms with Gasteiger partial charge in [-0.1, -0.05) is 42.6 Å². The molecule has 0 aromatic heterocycles. The second-order valence-electron chi connectivity index (χ2n) is 4.95. The predicted molar refractivity (Wildman–Crippen MR) is 84.7 cm³/mol. The van der Waals surface area contributed by atoms with Crippen LogP contribution in [-0.2, 0) is 4.74 Å². The van der Waals surface area contributed by atoms with Crippen molar-refractivity contribution in [2.24, 2.45) is 4.99 Å². The number of hydrogen-bond acceptors (Lipinski definition) is 3. The van der Waals surface area contributed by atoms with Crippen molar-refractivity contribution in [1.82, 2.24) is 0 Å². The van der Waals surface area contributed by atoms with Crippen molar-refractivity contribution in [3.8, 4) is 0 Å². The standard InChI is InChI=1S/C17H13NOS/c1-2-20-13-6-7-14-12(10-13)8-9-17-15(14)4-3-5-16(17)19-11-18-17/h2-11,16H,1H2. The lowest BCUT2D eigenvalue weighted by molar-refractivity contribution is 0.241. The first-order chi connectivity index (χ1) is 9.83. The van der Waals surface area contributed by atoms with Gasteiger partial charge in [0.2, 0.25) is 0 Å². The molecule has 0 amide bonds. The molecule has 4 rings (SSSR count). The van der Waals surface area contributed by atoms with E-state index in [1.165, 1.54) is 21.6 Å². The van der Waals surface area contributed by atoms with Crippen LogP contribution in [0.15, 0.2) is 64.4 Å². The van der Waals surface area contributed by atoms with Crippen LogP contribution in [0.2, 0.25) is 0 Å². The summed E-state index contributed by atoms with van der Waals surface area (Å²) in [6, 6.07) is 6.49. The number of benzene rings is 1. The number of rotatable bonds is 2. The average molecular weight is 279 g/mol. The van der Waals surface area contributed by atoms with E-state index in [1.807, 2.05) is 5.41 Å². The maximum atomic E-state index is 5.61. The second-order valence-corrected chi connectivity index (χ2v) is 5.99. The normalized spacial score (nSPS) is 28.2. The molecular weight excluding hydrogens is 266 g/mol. The van der Waals surface area contributed by atoms with E-state index in [-0.39, 0.29) is 11.6 Å². The van der Waals surface area contributed by atoms with E-state index in [0.29, 0.717) is 0 Å². The topological polar surface area (TPSA) is 21.6 Å². The zero-order valence-electron chi connectivity index (χ0n) is 10.8. The van der Waals surface area contributed by atoms with Gasteiger partial charge in [-0.15, -0.1) is 0 Å². The minimum Gasteiger partial charge on any atom is -0.473 e. The Bertz CT molecular complexity index is 714. The van der Waals surface area contributed by atoms with Gasteiger partial charge >= 0.3 is 0 Å². The highest BCUT2D eigenvalue weighted by Gasteiger charge is 2.46. The number of nitrogens with zero attached hydrogens (tertiary/aromatic N) is 1. The Balaban J connectivity index is 1.88. The van der Waals surface area contributed by atoms with Gasteiger partial charge in [0, 0.05) is 4.90 Å². The van der Waals surface area contributed by atoms with Crippen LogP contribution in [0.1, 0.15) is 11.1 Å². The maximum absolute atomic E-state index is 5.61. The molecule has 2 aliphatic carbocycles. The fourth-order valence-electron chi connectivity index (χ4n) is 3.00. The van der Waals surface area contributed by atoms with Crippen LogP contribution >= 0.6 is 11.8 Å². The molecule has 2 unspecified atom stereocenters. The van der Waals surface area contributed by atoms with Crippen LogP contribution in [0, 0.1) is 0 Å². The highest BCUT2D eigenvalue weighted by molar-refractivity contribution is 8.02. The van der Waals surface area contributed by atoms with Crippen LogP contribution in [0.3, 0.4) is 0 Å². The van der Waals surface area contributed by atoms with Gasteiger partial charge in [0.1, 0.15) is 5.54 Å². The molecule has 1 heterocycles. The van der Waals surface area contributed by atoms with Gasteiger partial charge in [0.25, 0.3) is 0 Å². The molecule has 1 aromatic carbocycles. The number of aliphatic imine (C=N–C) groups is 1. The Hall–Kier alpha value is -2.00. The first-order valence-corrected chi connectivity index (χ1v) is 7.41. The lowest BCUT2D eigenvalue weighted by atomic mass is 9.73. The summed E-state index contributed by atoms with van der Waals surface area (Å²) in [5.41, 5.74) is 3.31. The highest BCUT2D eigenvalue weighted by atomic mass is 32.2. The molecule has 0 bridgehead atoms. The van der Waals surface area contributed by atoms with Crippen LogP contribution in [0.25, 0.3) is 11.6 Å². The lowest BCUT2D eigenvalue weighted by Crippen LogP contribution is -2.39. The zero-order valence-corrected chi connectivity index (χ0v) is 11.6. The summed E-state index contributed by atoms with van der Waals surface area (Å²) in [6.07, 6.45) is 12.1. The number of fused-ring (bicyclic) bond motifs is 2. The highest BCUT2D eigenvalue weighted by Crippen LogP contribution is 2.46.